The van der Waals surface area contributed by atoms with Gasteiger partial charge in [0.1, 0.15) is 31.5 Å². The summed E-state index contributed by atoms with van der Waals surface area (Å²) in [5.41, 5.74) is 0. The fourth-order valence-electron chi connectivity index (χ4n) is 7.02. The van der Waals surface area contributed by atoms with Crippen molar-refractivity contribution in [2.45, 2.75) is 193 Å². The van der Waals surface area contributed by atoms with Crippen LogP contribution >= 0.6 is 0 Å². The second-order valence-electron chi connectivity index (χ2n) is 15.0. The van der Waals surface area contributed by atoms with Crippen LogP contribution in [0.25, 0.3) is 0 Å². The molecule has 20 heteroatoms. The van der Waals surface area contributed by atoms with Crippen molar-refractivity contribution in [3.05, 3.63) is 0 Å². The molecule has 0 radical (unpaired) electrons. The molecule has 2 aliphatic rings. The first kappa shape index (κ1) is 52.7. The fraction of sp³-hybridized carbons (Fsp3) is 0.805. The number of nitrogens with one attached hydrogen (secondary N) is 1. The lowest BCUT2D eigenvalue weighted by atomic mass is 9.95. The molecule has 10 atom stereocenters. The molecule has 0 aromatic carbocycles. The lowest BCUT2D eigenvalue weighted by molar-refractivity contribution is -0.345. The third-order valence-electron chi connectivity index (χ3n) is 9.54. The number of carbonyl (C=O) groups is 8. The van der Waals surface area contributed by atoms with E-state index in [2.05, 4.69) is 5.32 Å². The van der Waals surface area contributed by atoms with E-state index in [4.69, 9.17) is 52.5 Å². The third kappa shape index (κ3) is 20.3. The molecule has 1 amide bonds. The summed E-state index contributed by atoms with van der Waals surface area (Å²) in [7, 11) is 0. The number of aliphatic hydroxyl groups is 1. The molecule has 0 unspecified atom stereocenters. The third-order valence-corrected chi connectivity index (χ3v) is 9.54. The average molecular weight is 876 g/mol. The molecule has 20 nitrogen and oxygen atoms in total. The van der Waals surface area contributed by atoms with Crippen molar-refractivity contribution in [3.8, 4) is 0 Å². The van der Waals surface area contributed by atoms with Gasteiger partial charge in [-0.15, -0.1) is 0 Å². The minimum Gasteiger partial charge on any atom is -0.463 e. The molecule has 2 fully saturated rings. The molecule has 0 saturated carbocycles. The zero-order valence-electron chi connectivity index (χ0n) is 36.4. The largest absolute Gasteiger partial charge is 0.463 e. The van der Waals surface area contributed by atoms with E-state index >= 15 is 0 Å². The molecule has 0 aliphatic carbocycles. The van der Waals surface area contributed by atoms with E-state index in [1.807, 2.05) is 0 Å². The summed E-state index contributed by atoms with van der Waals surface area (Å²) in [6, 6.07) is 0. The maximum Gasteiger partial charge on any atom is 0.303 e. The van der Waals surface area contributed by atoms with Crippen LogP contribution in [0.2, 0.25) is 0 Å². The Morgan fingerprint density at radius 2 is 0.820 bits per heavy atom. The number of hydrogen-bond acceptors (Lipinski definition) is 19. The number of unbranched alkanes of at least 4 members (excludes halogenated alkanes) is 11. The SMILES string of the molecule is CC(=O)OC[C@H]1O[C@@H](NC(=O)CCCCCCCCCCCCCCO)[C@H](OC(C)=O)[C@@H](OC(C)=O)[C@@H]1O[C@@H]1O[C@H](COC(C)=O)[C@@H](OC(C)=O)[C@H](OC(C)=O)[C@H]1OC(C)=O. The van der Waals surface area contributed by atoms with Crippen LogP contribution in [-0.4, -0.2) is 134 Å². The number of amides is 1. The van der Waals surface area contributed by atoms with Gasteiger partial charge in [0.2, 0.25) is 5.91 Å². The maximum absolute atomic E-state index is 13.3. The number of esters is 7. The molecule has 0 aromatic heterocycles. The minimum atomic E-state index is -1.82. The normalized spacial score (nSPS) is 25.9. The van der Waals surface area contributed by atoms with Crippen LogP contribution in [-0.2, 0) is 85.7 Å². The Labute approximate surface area is 356 Å². The Balaban J connectivity index is 2.38. The molecule has 2 saturated heterocycles. The highest BCUT2D eigenvalue weighted by molar-refractivity contribution is 5.76. The second kappa shape index (κ2) is 28.2. The van der Waals surface area contributed by atoms with Crippen LogP contribution < -0.4 is 5.32 Å². The van der Waals surface area contributed by atoms with Gasteiger partial charge in [-0.25, -0.2) is 0 Å². The van der Waals surface area contributed by atoms with Crippen LogP contribution in [0.1, 0.15) is 132 Å². The van der Waals surface area contributed by atoms with E-state index in [9.17, 15) is 38.4 Å². The van der Waals surface area contributed by atoms with E-state index in [0.29, 0.717) is 6.42 Å². The average Bonchev–Trinajstić information content (AvgIpc) is 3.15. The van der Waals surface area contributed by atoms with Gasteiger partial charge in [0, 0.05) is 61.5 Å². The molecule has 0 aromatic rings. The van der Waals surface area contributed by atoms with Crippen LogP contribution in [0.4, 0.5) is 0 Å². The van der Waals surface area contributed by atoms with Crippen LogP contribution in [0, 0.1) is 0 Å². The smallest absolute Gasteiger partial charge is 0.303 e. The summed E-state index contributed by atoms with van der Waals surface area (Å²) >= 11 is 0. The molecular formula is C41H65NO19. The first-order valence-corrected chi connectivity index (χ1v) is 20.9. The number of ether oxygens (including phenoxy) is 10. The molecule has 2 aliphatic heterocycles. The predicted octanol–water partition coefficient (Wildman–Crippen LogP) is 2.79. The van der Waals surface area contributed by atoms with Gasteiger partial charge in [0.15, 0.2) is 43.0 Å². The van der Waals surface area contributed by atoms with E-state index in [1.54, 1.807) is 0 Å². The Morgan fingerprint density at radius 3 is 1.26 bits per heavy atom. The summed E-state index contributed by atoms with van der Waals surface area (Å²) in [4.78, 5) is 99.5. The van der Waals surface area contributed by atoms with Crippen LogP contribution in [0.3, 0.4) is 0 Å². The number of aliphatic hydroxyl groups excluding tert-OH is 1. The molecule has 348 valence electrons. The van der Waals surface area contributed by atoms with E-state index < -0.39 is 122 Å². The minimum absolute atomic E-state index is 0.0814. The topological polar surface area (TPSA) is 261 Å². The van der Waals surface area contributed by atoms with Gasteiger partial charge in [-0.1, -0.05) is 64.2 Å². The Morgan fingerprint density at radius 1 is 0.443 bits per heavy atom. The van der Waals surface area contributed by atoms with Gasteiger partial charge < -0.3 is 57.8 Å². The summed E-state index contributed by atoms with van der Waals surface area (Å²) in [6.45, 7) is 6.54. The van der Waals surface area contributed by atoms with Gasteiger partial charge in [0.05, 0.1) is 0 Å². The van der Waals surface area contributed by atoms with Crippen LogP contribution in [0.15, 0.2) is 0 Å². The van der Waals surface area contributed by atoms with Crippen molar-refractivity contribution < 1.29 is 90.8 Å². The lowest BCUT2D eigenvalue weighted by Gasteiger charge is -2.48. The first-order chi connectivity index (χ1) is 28.9. The van der Waals surface area contributed by atoms with Crippen LogP contribution in [0.5, 0.6) is 0 Å². The van der Waals surface area contributed by atoms with Crippen molar-refractivity contribution >= 4 is 47.7 Å². The van der Waals surface area contributed by atoms with E-state index in [-0.39, 0.29) is 13.0 Å². The molecule has 0 spiro atoms. The van der Waals surface area contributed by atoms with Crippen molar-refractivity contribution in [1.29, 1.82) is 0 Å². The molecule has 0 bridgehead atoms. The fourth-order valence-corrected chi connectivity index (χ4v) is 7.02. The maximum atomic E-state index is 13.3. The predicted molar refractivity (Wildman–Crippen MR) is 208 cm³/mol. The van der Waals surface area contributed by atoms with Gasteiger partial charge in [-0.2, -0.15) is 0 Å². The Bertz CT molecular complexity index is 1440. The second-order valence-corrected chi connectivity index (χ2v) is 15.0. The molecule has 2 N–H and O–H groups in total. The zero-order valence-corrected chi connectivity index (χ0v) is 36.4. The van der Waals surface area contributed by atoms with E-state index in [0.717, 1.165) is 106 Å². The first-order valence-electron chi connectivity index (χ1n) is 20.9. The Kier molecular flexibility index (Phi) is 24.4. The highest BCUT2D eigenvalue weighted by Crippen LogP contribution is 2.35. The summed E-state index contributed by atoms with van der Waals surface area (Å²) < 4.78 is 56.7. The summed E-state index contributed by atoms with van der Waals surface area (Å²) in [6.07, 6.45) is -3.73. The highest BCUT2D eigenvalue weighted by Gasteiger charge is 2.57. The van der Waals surface area contributed by atoms with E-state index in [1.165, 1.54) is 12.8 Å². The quantitative estimate of drug-likeness (QED) is 0.0719. The van der Waals surface area contributed by atoms with Crippen molar-refractivity contribution in [3.63, 3.8) is 0 Å². The Hall–Kier alpha value is -4.40. The van der Waals surface area contributed by atoms with Gasteiger partial charge in [-0.05, 0) is 12.8 Å². The monoisotopic (exact) mass is 875 g/mol. The summed E-state index contributed by atoms with van der Waals surface area (Å²) in [5, 5.41) is 11.6. The van der Waals surface area contributed by atoms with Gasteiger partial charge >= 0.3 is 41.8 Å². The molecule has 61 heavy (non-hydrogen) atoms. The zero-order chi connectivity index (χ0) is 45.5. The number of hydrogen-bond donors (Lipinski definition) is 2. The lowest BCUT2D eigenvalue weighted by Crippen LogP contribution is -2.68. The molecule has 2 heterocycles. The molecule has 2 rings (SSSR count). The number of rotatable bonds is 26. The highest BCUT2D eigenvalue weighted by atomic mass is 16.8. The standard InChI is InChI=1S/C41H65NO19/c1-24(44)52-22-31-35(61-41-39(58-30(7)50)37(56-28(5)48)34(54-26(3)46)32(60-41)23-53-25(2)45)36(55-27(4)47)38(57-29(6)49)40(59-31)42-33(51)20-18-16-14-12-10-8-9-11-13-15-17-19-21-43/h31-32,34-41,43H,8-23H2,1-7H3,(H,42,51)/t31-,32-,34-,35-,36+,37+,38-,39-,40-,41+/m1/s1. The van der Waals surface area contributed by atoms with Crippen molar-refractivity contribution in [2.75, 3.05) is 19.8 Å². The van der Waals surface area contributed by atoms with Crippen molar-refractivity contribution in [1.82, 2.24) is 5.32 Å². The van der Waals surface area contributed by atoms with Gasteiger partial charge in [-0.3, -0.25) is 38.4 Å². The number of carbonyl (C=O) groups excluding carboxylic acids is 8. The van der Waals surface area contributed by atoms with Gasteiger partial charge in [0.25, 0.3) is 0 Å². The summed E-state index contributed by atoms with van der Waals surface area (Å²) in [5.74, 6) is -6.44. The molecular weight excluding hydrogens is 810 g/mol. The van der Waals surface area contributed by atoms with Crippen molar-refractivity contribution in [2.24, 2.45) is 0 Å².